The van der Waals surface area contributed by atoms with E-state index in [1.807, 2.05) is 0 Å². The number of hydrogen-bond acceptors (Lipinski definition) is 1. The number of rotatable bonds is 6. The third-order valence-corrected chi connectivity index (χ3v) is 13.8. The van der Waals surface area contributed by atoms with Crippen molar-refractivity contribution in [3.63, 3.8) is 0 Å². The molecule has 10 rings (SSSR count). The van der Waals surface area contributed by atoms with Gasteiger partial charge in [-0.2, -0.15) is 0 Å². The fourth-order valence-electron chi connectivity index (χ4n) is 10.5. The second-order valence-electron chi connectivity index (χ2n) is 17.9. The average molecular weight is 750 g/mol. The Kier molecular flexibility index (Phi) is 8.22. The van der Waals surface area contributed by atoms with E-state index >= 15 is 0 Å². The summed E-state index contributed by atoms with van der Waals surface area (Å²) in [6, 6.07) is 59.6. The van der Waals surface area contributed by atoms with Crippen molar-refractivity contribution in [2.75, 3.05) is 4.90 Å². The van der Waals surface area contributed by atoms with Gasteiger partial charge in [-0.25, -0.2) is 0 Å². The van der Waals surface area contributed by atoms with E-state index in [1.54, 1.807) is 0 Å². The van der Waals surface area contributed by atoms with Crippen LogP contribution in [-0.4, -0.2) is 0 Å². The summed E-state index contributed by atoms with van der Waals surface area (Å²) in [5.74, 6) is 0.155. The highest BCUT2D eigenvalue weighted by molar-refractivity contribution is 6.10. The number of para-hydroxylation sites is 2. The number of nitrogens with zero attached hydrogens (tertiary/aromatic N) is 1. The predicted molar refractivity (Wildman–Crippen MR) is 247 cm³/mol. The molecule has 0 saturated carbocycles. The summed E-state index contributed by atoms with van der Waals surface area (Å²) >= 11 is 0. The number of fused-ring (bicyclic) bond motifs is 8. The molecule has 284 valence electrons. The highest BCUT2D eigenvalue weighted by atomic mass is 15.1. The fourth-order valence-corrected chi connectivity index (χ4v) is 10.5. The molecule has 0 bridgehead atoms. The first-order valence-electron chi connectivity index (χ1n) is 20.9. The van der Waals surface area contributed by atoms with Crippen LogP contribution in [0.2, 0.25) is 0 Å². The first-order chi connectivity index (χ1) is 28.0. The molecule has 0 heterocycles. The minimum atomic E-state index is -0.213. The molecule has 0 aromatic heterocycles. The standard InChI is InChI=1S/C57H51N/c1-35-19-9-13-23-40(35)54(41-24-14-10-20-36(41)2)39-29-30-42-45-32-49-46(33-48(45)56(5,6)47(42)31-39)55-44-26-16-15-25-43(44)53(34-50(55)57(49,7)8)58(51-27-17-11-21-37(51)3)52-28-18-12-22-38(52)4/h9-34,54H,1-8H3. The van der Waals surface area contributed by atoms with Crippen molar-refractivity contribution in [1.82, 2.24) is 0 Å². The van der Waals surface area contributed by atoms with Crippen molar-refractivity contribution in [2.24, 2.45) is 0 Å². The van der Waals surface area contributed by atoms with Crippen LogP contribution in [0.4, 0.5) is 17.1 Å². The molecule has 1 nitrogen and oxygen atoms in total. The van der Waals surface area contributed by atoms with Crippen LogP contribution in [0.3, 0.4) is 0 Å². The molecule has 0 radical (unpaired) electrons. The summed E-state index contributed by atoms with van der Waals surface area (Å²) in [6.07, 6.45) is 0. The first kappa shape index (κ1) is 36.2. The van der Waals surface area contributed by atoms with Crippen LogP contribution in [-0.2, 0) is 10.8 Å². The summed E-state index contributed by atoms with van der Waals surface area (Å²) in [6.45, 7) is 18.7. The van der Waals surface area contributed by atoms with Crippen LogP contribution < -0.4 is 4.90 Å². The SMILES string of the molecule is Cc1ccccc1C(c1ccc2c(c1)C(C)(C)c1cc3c(cc1-2)C(C)(C)c1cc(N(c2ccccc2C)c2ccccc2C)c2ccccc2c1-3)c1ccccc1C. The number of hydrogen-bond donors (Lipinski definition) is 0. The van der Waals surface area contributed by atoms with E-state index in [-0.39, 0.29) is 16.7 Å². The molecule has 0 N–H and O–H groups in total. The van der Waals surface area contributed by atoms with Gasteiger partial charge in [0.2, 0.25) is 0 Å². The van der Waals surface area contributed by atoms with Crippen LogP contribution in [0, 0.1) is 27.7 Å². The van der Waals surface area contributed by atoms with Crippen LogP contribution in [0.15, 0.2) is 158 Å². The molecule has 2 aliphatic carbocycles. The zero-order valence-electron chi connectivity index (χ0n) is 35.0. The van der Waals surface area contributed by atoms with Gasteiger partial charge in [0.15, 0.2) is 0 Å². The number of anilines is 3. The zero-order valence-corrected chi connectivity index (χ0v) is 35.0. The monoisotopic (exact) mass is 749 g/mol. The van der Waals surface area contributed by atoms with Crippen LogP contribution in [0.5, 0.6) is 0 Å². The van der Waals surface area contributed by atoms with Gasteiger partial charge in [-0.15, -0.1) is 0 Å². The van der Waals surface area contributed by atoms with Crippen molar-refractivity contribution < 1.29 is 0 Å². The lowest BCUT2D eigenvalue weighted by Gasteiger charge is -2.31. The molecule has 58 heavy (non-hydrogen) atoms. The maximum Gasteiger partial charge on any atom is 0.0543 e. The largest absolute Gasteiger partial charge is 0.309 e. The Balaban J connectivity index is 1.16. The van der Waals surface area contributed by atoms with E-state index < -0.39 is 0 Å². The maximum atomic E-state index is 2.57. The second-order valence-corrected chi connectivity index (χ2v) is 17.9. The van der Waals surface area contributed by atoms with Crippen LogP contribution in [0.1, 0.15) is 94.8 Å². The second kappa shape index (κ2) is 13.2. The maximum absolute atomic E-state index is 2.57. The van der Waals surface area contributed by atoms with Gasteiger partial charge in [0.05, 0.1) is 5.69 Å². The van der Waals surface area contributed by atoms with Crippen molar-refractivity contribution in [1.29, 1.82) is 0 Å². The van der Waals surface area contributed by atoms with Gasteiger partial charge < -0.3 is 4.90 Å². The Morgan fingerprint density at radius 3 is 1.43 bits per heavy atom. The van der Waals surface area contributed by atoms with Crippen LogP contribution >= 0.6 is 0 Å². The van der Waals surface area contributed by atoms with Gasteiger partial charge >= 0.3 is 0 Å². The van der Waals surface area contributed by atoms with E-state index in [1.165, 1.54) is 111 Å². The summed E-state index contributed by atoms with van der Waals surface area (Å²) in [7, 11) is 0. The van der Waals surface area contributed by atoms with Crippen molar-refractivity contribution in [2.45, 2.75) is 72.1 Å². The average Bonchev–Trinajstić information content (AvgIpc) is 3.58. The third kappa shape index (κ3) is 5.29. The molecule has 0 spiro atoms. The lowest BCUT2D eigenvalue weighted by atomic mass is 9.77. The molecule has 0 unspecified atom stereocenters. The van der Waals surface area contributed by atoms with Crippen molar-refractivity contribution >= 4 is 27.8 Å². The summed E-state index contributed by atoms with van der Waals surface area (Å²) < 4.78 is 0. The Morgan fingerprint density at radius 2 is 0.845 bits per heavy atom. The van der Waals surface area contributed by atoms with Gasteiger partial charge in [-0.05, 0) is 147 Å². The first-order valence-corrected chi connectivity index (χ1v) is 20.9. The summed E-state index contributed by atoms with van der Waals surface area (Å²) in [4.78, 5) is 2.50. The highest BCUT2D eigenvalue weighted by Gasteiger charge is 2.43. The van der Waals surface area contributed by atoms with Gasteiger partial charge in [-0.3, -0.25) is 0 Å². The summed E-state index contributed by atoms with van der Waals surface area (Å²) in [5.41, 5.74) is 23.6. The topological polar surface area (TPSA) is 3.24 Å². The smallest absolute Gasteiger partial charge is 0.0543 e. The van der Waals surface area contributed by atoms with E-state index in [0.29, 0.717) is 0 Å². The quantitative estimate of drug-likeness (QED) is 0.153. The predicted octanol–water partition coefficient (Wildman–Crippen LogP) is 15.3. The fraction of sp³-hybridized carbons (Fsp3) is 0.193. The van der Waals surface area contributed by atoms with E-state index in [2.05, 4.69) is 218 Å². The lowest BCUT2D eigenvalue weighted by molar-refractivity contribution is 0.651. The Hall–Kier alpha value is -6.18. The van der Waals surface area contributed by atoms with Gasteiger partial charge in [0, 0.05) is 33.5 Å². The molecular weight excluding hydrogens is 699 g/mol. The highest BCUT2D eigenvalue weighted by Crippen LogP contribution is 2.59. The molecule has 8 aromatic rings. The molecular formula is C57H51N. The molecule has 0 saturated heterocycles. The Labute approximate surface area is 344 Å². The number of benzene rings is 8. The molecule has 0 aliphatic heterocycles. The molecule has 0 amide bonds. The van der Waals surface area contributed by atoms with Gasteiger partial charge in [0.25, 0.3) is 0 Å². The Morgan fingerprint density at radius 1 is 0.379 bits per heavy atom. The zero-order chi connectivity index (χ0) is 40.1. The third-order valence-electron chi connectivity index (χ3n) is 13.8. The minimum Gasteiger partial charge on any atom is -0.309 e. The van der Waals surface area contributed by atoms with Gasteiger partial charge in [-0.1, -0.05) is 155 Å². The minimum absolute atomic E-state index is 0.155. The molecule has 0 atom stereocenters. The lowest BCUT2D eigenvalue weighted by Crippen LogP contribution is -2.18. The molecule has 1 heteroatoms. The van der Waals surface area contributed by atoms with E-state index in [4.69, 9.17) is 0 Å². The van der Waals surface area contributed by atoms with E-state index in [0.717, 1.165) is 0 Å². The Bertz CT molecular complexity index is 2870. The van der Waals surface area contributed by atoms with E-state index in [9.17, 15) is 0 Å². The van der Waals surface area contributed by atoms with Gasteiger partial charge in [0.1, 0.15) is 0 Å². The van der Waals surface area contributed by atoms with Crippen LogP contribution in [0.25, 0.3) is 33.0 Å². The molecule has 8 aromatic carbocycles. The van der Waals surface area contributed by atoms with Crippen molar-refractivity contribution in [3.05, 3.63) is 219 Å². The normalized spacial score (nSPS) is 14.3. The molecule has 2 aliphatic rings. The molecule has 0 fully saturated rings. The number of aryl methyl sites for hydroxylation is 4. The van der Waals surface area contributed by atoms with Crippen molar-refractivity contribution in [3.8, 4) is 22.3 Å². The summed E-state index contributed by atoms with van der Waals surface area (Å²) in [5, 5.41) is 2.58.